The van der Waals surface area contributed by atoms with Gasteiger partial charge in [-0.05, 0) is 57.2 Å². The van der Waals surface area contributed by atoms with Crippen LogP contribution in [0.1, 0.15) is 44.9 Å². The summed E-state index contributed by atoms with van der Waals surface area (Å²) in [6.45, 7) is 7.26. The maximum Gasteiger partial charge on any atom is 0.351 e. The molecule has 0 fully saturated rings. The van der Waals surface area contributed by atoms with E-state index in [1.54, 1.807) is 42.5 Å². The van der Waals surface area contributed by atoms with Crippen molar-refractivity contribution in [1.29, 1.82) is 5.41 Å². The van der Waals surface area contributed by atoms with Gasteiger partial charge in [0.1, 0.15) is 11.6 Å². The molecule has 2 rings (SSSR count). The number of carbonyl (C=O) groups is 2. The first-order chi connectivity index (χ1) is 15.1. The average Bonchev–Trinajstić information content (AvgIpc) is 2.72. The molecule has 0 radical (unpaired) electrons. The summed E-state index contributed by atoms with van der Waals surface area (Å²) in [4.78, 5) is 21.4. The zero-order valence-corrected chi connectivity index (χ0v) is 18.9. The minimum atomic E-state index is -0.986. The SMILES string of the molecule is CC(=O)O.CCOc1cc(C(Oc2ccc(C(=N)N)cc2)C(=O)OC)ccc1OC(C)C. The number of carbonyl (C=O) groups excluding carboxylic acids is 1. The lowest BCUT2D eigenvalue weighted by atomic mass is 10.1. The Morgan fingerprint density at radius 3 is 2.12 bits per heavy atom. The van der Waals surface area contributed by atoms with Crippen molar-refractivity contribution in [2.24, 2.45) is 5.73 Å². The second kappa shape index (κ2) is 12.8. The molecule has 9 heteroatoms. The molecule has 0 heterocycles. The highest BCUT2D eigenvalue weighted by Crippen LogP contribution is 2.33. The summed E-state index contributed by atoms with van der Waals surface area (Å²) in [5, 5.41) is 14.9. The fraction of sp³-hybridized carbons (Fsp3) is 0.348. The lowest BCUT2D eigenvalue weighted by Crippen LogP contribution is -2.20. The first-order valence-electron chi connectivity index (χ1n) is 9.90. The zero-order chi connectivity index (χ0) is 24.3. The number of benzene rings is 2. The molecule has 9 nitrogen and oxygen atoms in total. The van der Waals surface area contributed by atoms with Crippen molar-refractivity contribution in [2.75, 3.05) is 13.7 Å². The van der Waals surface area contributed by atoms with E-state index in [0.29, 0.717) is 35.0 Å². The zero-order valence-electron chi connectivity index (χ0n) is 18.9. The molecule has 2 aromatic carbocycles. The number of amidine groups is 1. The number of carboxylic acids is 1. The molecule has 0 saturated carbocycles. The predicted molar refractivity (Wildman–Crippen MR) is 120 cm³/mol. The molecule has 174 valence electrons. The van der Waals surface area contributed by atoms with E-state index in [0.717, 1.165) is 6.92 Å². The van der Waals surface area contributed by atoms with Crippen LogP contribution in [0.2, 0.25) is 0 Å². The van der Waals surface area contributed by atoms with Crippen molar-refractivity contribution in [3.8, 4) is 17.2 Å². The van der Waals surface area contributed by atoms with Gasteiger partial charge in [-0.3, -0.25) is 10.2 Å². The molecule has 0 aliphatic carbocycles. The Labute approximate surface area is 187 Å². The van der Waals surface area contributed by atoms with Crippen LogP contribution in [0.25, 0.3) is 0 Å². The van der Waals surface area contributed by atoms with E-state index < -0.39 is 18.0 Å². The quantitative estimate of drug-likeness (QED) is 0.302. The van der Waals surface area contributed by atoms with E-state index in [2.05, 4.69) is 0 Å². The van der Waals surface area contributed by atoms with Gasteiger partial charge in [-0.25, -0.2) is 4.79 Å². The third kappa shape index (κ3) is 8.55. The van der Waals surface area contributed by atoms with E-state index in [1.165, 1.54) is 7.11 Å². The first-order valence-corrected chi connectivity index (χ1v) is 9.90. The molecule has 2 aromatic rings. The van der Waals surface area contributed by atoms with Crippen molar-refractivity contribution in [2.45, 2.75) is 39.9 Å². The van der Waals surface area contributed by atoms with Gasteiger partial charge >= 0.3 is 5.97 Å². The van der Waals surface area contributed by atoms with E-state index in [4.69, 9.17) is 40.0 Å². The van der Waals surface area contributed by atoms with Crippen molar-refractivity contribution in [3.05, 3.63) is 53.6 Å². The Morgan fingerprint density at radius 2 is 1.66 bits per heavy atom. The van der Waals surface area contributed by atoms with Gasteiger partial charge in [0.2, 0.25) is 6.10 Å². The van der Waals surface area contributed by atoms with Gasteiger partial charge in [-0.1, -0.05) is 6.07 Å². The van der Waals surface area contributed by atoms with Gasteiger partial charge in [0.25, 0.3) is 5.97 Å². The minimum Gasteiger partial charge on any atom is -0.490 e. The molecule has 32 heavy (non-hydrogen) atoms. The normalized spacial score (nSPS) is 10.9. The van der Waals surface area contributed by atoms with Gasteiger partial charge in [0.05, 0.1) is 19.8 Å². The summed E-state index contributed by atoms with van der Waals surface area (Å²) in [7, 11) is 1.30. The Bertz CT molecular complexity index is 907. The van der Waals surface area contributed by atoms with Crippen LogP contribution >= 0.6 is 0 Å². The van der Waals surface area contributed by atoms with Crippen molar-refractivity contribution < 1.29 is 33.6 Å². The van der Waals surface area contributed by atoms with E-state index >= 15 is 0 Å². The number of aliphatic carboxylic acids is 1. The lowest BCUT2D eigenvalue weighted by Gasteiger charge is -2.20. The highest BCUT2D eigenvalue weighted by Gasteiger charge is 2.25. The van der Waals surface area contributed by atoms with Crippen LogP contribution in [0.5, 0.6) is 17.2 Å². The molecular formula is C23H30N2O7. The number of carboxylic acid groups (broad SMARTS) is 1. The Morgan fingerprint density at radius 1 is 1.06 bits per heavy atom. The number of hydrogen-bond acceptors (Lipinski definition) is 7. The van der Waals surface area contributed by atoms with Crippen molar-refractivity contribution >= 4 is 17.8 Å². The summed E-state index contributed by atoms with van der Waals surface area (Å²) < 4.78 is 22.2. The molecule has 1 atom stereocenters. The van der Waals surface area contributed by atoms with Crippen LogP contribution in [-0.4, -0.2) is 42.7 Å². The van der Waals surface area contributed by atoms with Crippen molar-refractivity contribution in [3.63, 3.8) is 0 Å². The van der Waals surface area contributed by atoms with Gasteiger partial charge in [0.15, 0.2) is 11.5 Å². The second-order valence-electron chi connectivity index (χ2n) is 6.78. The molecular weight excluding hydrogens is 416 g/mol. The number of rotatable bonds is 9. The molecule has 4 N–H and O–H groups in total. The van der Waals surface area contributed by atoms with Crippen molar-refractivity contribution in [1.82, 2.24) is 0 Å². The second-order valence-corrected chi connectivity index (χ2v) is 6.78. The standard InChI is InChI=1S/C21H26N2O5.C2H4O2/c1-5-26-18-12-15(8-11-17(18)27-13(2)3)19(21(24)25-4)28-16-9-6-14(7-10-16)20(22)23;1-2(3)4/h6-13,19H,5H2,1-4H3,(H3,22,23);1H3,(H,3,4). The number of esters is 1. The Kier molecular flexibility index (Phi) is 10.5. The number of hydrogen-bond donors (Lipinski definition) is 3. The van der Waals surface area contributed by atoms with Crippen LogP contribution in [0.15, 0.2) is 42.5 Å². The van der Waals surface area contributed by atoms with Crippen LogP contribution in [0.3, 0.4) is 0 Å². The fourth-order valence-corrected chi connectivity index (χ4v) is 2.52. The van der Waals surface area contributed by atoms with E-state index in [9.17, 15) is 4.79 Å². The molecule has 0 amide bonds. The highest BCUT2D eigenvalue weighted by molar-refractivity contribution is 5.95. The van der Waals surface area contributed by atoms with Gasteiger partial charge in [-0.15, -0.1) is 0 Å². The molecule has 0 aliphatic heterocycles. The smallest absolute Gasteiger partial charge is 0.351 e. The van der Waals surface area contributed by atoms with Gasteiger partial charge < -0.3 is 29.8 Å². The third-order valence-corrected chi connectivity index (χ3v) is 3.77. The average molecular weight is 447 g/mol. The van der Waals surface area contributed by atoms with Crippen LogP contribution in [0, 0.1) is 5.41 Å². The first kappa shape index (κ1) is 26.3. The van der Waals surface area contributed by atoms with Gasteiger partial charge in [0, 0.05) is 18.1 Å². The van der Waals surface area contributed by atoms with E-state index in [-0.39, 0.29) is 11.9 Å². The molecule has 0 aromatic heterocycles. The largest absolute Gasteiger partial charge is 0.490 e. The molecule has 0 aliphatic rings. The number of ether oxygens (including phenoxy) is 4. The molecule has 0 bridgehead atoms. The molecule has 0 spiro atoms. The number of nitrogens with one attached hydrogen (secondary N) is 1. The monoisotopic (exact) mass is 446 g/mol. The summed E-state index contributed by atoms with van der Waals surface area (Å²) in [5.74, 6) is 0.141. The number of nitrogen functional groups attached to an aromatic ring is 1. The van der Waals surface area contributed by atoms with Crippen LogP contribution < -0.4 is 19.9 Å². The number of methoxy groups -OCH3 is 1. The predicted octanol–water partition coefficient (Wildman–Crippen LogP) is 3.54. The Hall–Kier alpha value is -3.75. The van der Waals surface area contributed by atoms with Gasteiger partial charge in [-0.2, -0.15) is 0 Å². The summed E-state index contributed by atoms with van der Waals surface area (Å²) >= 11 is 0. The maximum absolute atomic E-state index is 12.4. The summed E-state index contributed by atoms with van der Waals surface area (Å²) in [6.07, 6.45) is -1.00. The summed E-state index contributed by atoms with van der Waals surface area (Å²) in [5.41, 5.74) is 6.60. The topological polar surface area (TPSA) is 141 Å². The fourth-order valence-electron chi connectivity index (χ4n) is 2.52. The Balaban J connectivity index is 0.00000118. The summed E-state index contributed by atoms with van der Waals surface area (Å²) in [6, 6.07) is 11.8. The molecule has 1 unspecified atom stereocenters. The third-order valence-electron chi connectivity index (χ3n) is 3.77. The highest BCUT2D eigenvalue weighted by atomic mass is 16.6. The lowest BCUT2D eigenvalue weighted by molar-refractivity contribution is -0.149. The molecule has 0 saturated heterocycles. The minimum absolute atomic E-state index is 0.0162. The number of nitrogens with two attached hydrogens (primary N) is 1. The maximum atomic E-state index is 12.4. The van der Waals surface area contributed by atoms with Crippen LogP contribution in [0.4, 0.5) is 0 Å². The van der Waals surface area contributed by atoms with Crippen LogP contribution in [-0.2, 0) is 14.3 Å². The van der Waals surface area contributed by atoms with E-state index in [1.807, 2.05) is 20.8 Å².